The van der Waals surface area contributed by atoms with Crippen molar-refractivity contribution in [2.24, 2.45) is 0 Å². The number of aryl methyl sites for hydroxylation is 1. The summed E-state index contributed by atoms with van der Waals surface area (Å²) >= 11 is 0. The first-order chi connectivity index (χ1) is 17.2. The van der Waals surface area contributed by atoms with Crippen LogP contribution in [0.2, 0.25) is 0 Å². The second-order valence-corrected chi connectivity index (χ2v) is 7.74. The van der Waals surface area contributed by atoms with Crippen molar-refractivity contribution in [2.75, 3.05) is 39.6 Å². The average Bonchev–Trinajstić information content (AvgIpc) is 2.88. The Labute approximate surface area is 203 Å². The smallest absolute Gasteiger partial charge is 0.347 e. The van der Waals surface area contributed by atoms with Gasteiger partial charge in [-0.05, 0) is 36.2 Å². The Kier molecular flexibility index (Phi) is 8.94. The summed E-state index contributed by atoms with van der Waals surface area (Å²) in [5.41, 5.74) is 2.60. The van der Waals surface area contributed by atoms with E-state index in [1.165, 1.54) is 0 Å². The van der Waals surface area contributed by atoms with Crippen LogP contribution in [0, 0.1) is 6.92 Å². The number of ether oxygens (including phenoxy) is 4. The van der Waals surface area contributed by atoms with E-state index in [9.17, 15) is 4.79 Å². The highest BCUT2D eigenvalue weighted by molar-refractivity contribution is 5.82. The number of pyridine rings is 1. The predicted octanol–water partition coefficient (Wildman–Crippen LogP) is 4.19. The average molecular weight is 477 g/mol. The molecule has 4 aromatic rings. The van der Waals surface area contributed by atoms with Crippen molar-refractivity contribution in [1.82, 2.24) is 9.97 Å². The van der Waals surface area contributed by atoms with E-state index in [-0.39, 0.29) is 12.5 Å². The van der Waals surface area contributed by atoms with E-state index in [1.807, 2.05) is 49.4 Å². The summed E-state index contributed by atoms with van der Waals surface area (Å²) in [5.74, 6) is 0.491. The summed E-state index contributed by atoms with van der Waals surface area (Å²) < 4.78 is 27.9. The Balaban J connectivity index is 1.18. The normalized spacial score (nSPS) is 11.1. The van der Waals surface area contributed by atoms with Crippen LogP contribution in [0.4, 0.5) is 0 Å². The molecule has 2 heterocycles. The minimum Gasteiger partial charge on any atom is -0.475 e. The van der Waals surface area contributed by atoms with E-state index >= 15 is 0 Å². The standard InChI is InChI=1S/C27H28N2O6/c1-20-7-5-11-23-24(20)27(30)35-26(29-23)22-10-6-12-28-25(22)34-18-17-32-14-13-31-15-16-33-19-21-8-3-2-4-9-21/h2-12H,13-19H2,1H3. The Bertz CT molecular complexity index is 1280. The number of fused-ring (bicyclic) bond motifs is 1. The van der Waals surface area contributed by atoms with E-state index < -0.39 is 5.63 Å². The van der Waals surface area contributed by atoms with Gasteiger partial charge in [0.1, 0.15) is 6.61 Å². The van der Waals surface area contributed by atoms with Gasteiger partial charge >= 0.3 is 5.63 Å². The molecule has 0 radical (unpaired) electrons. The van der Waals surface area contributed by atoms with Crippen molar-refractivity contribution in [1.29, 1.82) is 0 Å². The number of hydrogen-bond donors (Lipinski definition) is 0. The summed E-state index contributed by atoms with van der Waals surface area (Å²) in [6.45, 7) is 5.01. The maximum absolute atomic E-state index is 12.5. The van der Waals surface area contributed by atoms with Crippen LogP contribution in [-0.2, 0) is 20.8 Å². The predicted molar refractivity (Wildman–Crippen MR) is 131 cm³/mol. The molecular formula is C27H28N2O6. The van der Waals surface area contributed by atoms with Crippen LogP contribution in [0.15, 0.2) is 76.1 Å². The van der Waals surface area contributed by atoms with Gasteiger partial charge in [-0.15, -0.1) is 0 Å². The van der Waals surface area contributed by atoms with Gasteiger partial charge in [0, 0.05) is 6.20 Å². The summed E-state index contributed by atoms with van der Waals surface area (Å²) in [5, 5.41) is 0.473. The number of aromatic nitrogens is 2. The van der Waals surface area contributed by atoms with Gasteiger partial charge in [0.15, 0.2) is 0 Å². The molecule has 8 nitrogen and oxygen atoms in total. The number of nitrogens with zero attached hydrogens (tertiary/aromatic N) is 2. The lowest BCUT2D eigenvalue weighted by Crippen LogP contribution is -2.13. The summed E-state index contributed by atoms with van der Waals surface area (Å²) in [6, 6.07) is 19.0. The van der Waals surface area contributed by atoms with Gasteiger partial charge in [-0.3, -0.25) is 0 Å². The highest BCUT2D eigenvalue weighted by Gasteiger charge is 2.15. The number of hydrogen-bond acceptors (Lipinski definition) is 8. The van der Waals surface area contributed by atoms with E-state index in [4.69, 9.17) is 23.4 Å². The lowest BCUT2D eigenvalue weighted by atomic mass is 10.1. The van der Waals surface area contributed by atoms with Gasteiger partial charge in [0.25, 0.3) is 0 Å². The van der Waals surface area contributed by atoms with Gasteiger partial charge in [0.05, 0.1) is 56.1 Å². The van der Waals surface area contributed by atoms with E-state index in [0.29, 0.717) is 62.0 Å². The van der Waals surface area contributed by atoms with Crippen LogP contribution in [0.1, 0.15) is 11.1 Å². The molecule has 0 unspecified atom stereocenters. The molecule has 0 spiro atoms. The molecule has 0 fully saturated rings. The first-order valence-corrected chi connectivity index (χ1v) is 11.5. The van der Waals surface area contributed by atoms with Gasteiger partial charge < -0.3 is 23.4 Å². The lowest BCUT2D eigenvalue weighted by molar-refractivity contribution is 0.00578. The third-order valence-electron chi connectivity index (χ3n) is 5.19. The van der Waals surface area contributed by atoms with Crippen LogP contribution in [-0.4, -0.2) is 49.6 Å². The third-order valence-corrected chi connectivity index (χ3v) is 5.19. The summed E-state index contributed by atoms with van der Waals surface area (Å²) in [4.78, 5) is 21.3. The Morgan fingerprint density at radius 1 is 0.800 bits per heavy atom. The van der Waals surface area contributed by atoms with Crippen molar-refractivity contribution in [3.63, 3.8) is 0 Å². The summed E-state index contributed by atoms with van der Waals surface area (Å²) in [6.07, 6.45) is 1.61. The molecule has 182 valence electrons. The summed E-state index contributed by atoms with van der Waals surface area (Å²) in [7, 11) is 0. The van der Waals surface area contributed by atoms with Crippen molar-refractivity contribution < 1.29 is 23.4 Å². The zero-order valence-corrected chi connectivity index (χ0v) is 19.6. The third kappa shape index (κ3) is 6.95. The number of rotatable bonds is 13. The molecule has 0 aliphatic carbocycles. The fraction of sp³-hybridized carbons (Fsp3) is 0.296. The van der Waals surface area contributed by atoms with Crippen LogP contribution < -0.4 is 10.4 Å². The lowest BCUT2D eigenvalue weighted by Gasteiger charge is -2.10. The molecule has 0 aliphatic rings. The van der Waals surface area contributed by atoms with Gasteiger partial charge in [-0.2, -0.15) is 0 Å². The monoisotopic (exact) mass is 476 g/mol. The van der Waals surface area contributed by atoms with E-state index in [0.717, 1.165) is 11.1 Å². The molecule has 4 rings (SSSR count). The molecule has 0 N–H and O–H groups in total. The van der Waals surface area contributed by atoms with Crippen molar-refractivity contribution in [2.45, 2.75) is 13.5 Å². The van der Waals surface area contributed by atoms with Gasteiger partial charge in [-0.25, -0.2) is 14.8 Å². The second kappa shape index (κ2) is 12.8. The maximum Gasteiger partial charge on any atom is 0.347 e. The van der Waals surface area contributed by atoms with Gasteiger partial charge in [0.2, 0.25) is 11.8 Å². The largest absolute Gasteiger partial charge is 0.475 e. The quantitative estimate of drug-likeness (QED) is 0.265. The van der Waals surface area contributed by atoms with Crippen molar-refractivity contribution in [3.05, 3.63) is 88.4 Å². The molecule has 0 atom stereocenters. The molecule has 0 bridgehead atoms. The molecule has 0 saturated heterocycles. The minimum atomic E-state index is -0.438. The zero-order valence-electron chi connectivity index (χ0n) is 19.6. The zero-order chi connectivity index (χ0) is 24.3. The highest BCUT2D eigenvalue weighted by atomic mass is 16.6. The van der Waals surface area contributed by atoms with Crippen LogP contribution >= 0.6 is 0 Å². The van der Waals surface area contributed by atoms with Crippen LogP contribution in [0.25, 0.3) is 22.4 Å². The van der Waals surface area contributed by atoms with Crippen LogP contribution in [0.5, 0.6) is 5.88 Å². The Morgan fingerprint density at radius 3 is 2.34 bits per heavy atom. The molecule has 2 aromatic heterocycles. The SMILES string of the molecule is Cc1cccc2nc(-c3cccnc3OCCOCCOCCOCc3ccccc3)oc(=O)c12. The molecule has 2 aromatic carbocycles. The molecule has 0 aliphatic heterocycles. The molecule has 35 heavy (non-hydrogen) atoms. The first kappa shape index (κ1) is 24.5. The minimum absolute atomic E-state index is 0.167. The van der Waals surface area contributed by atoms with E-state index in [2.05, 4.69) is 9.97 Å². The van der Waals surface area contributed by atoms with E-state index in [1.54, 1.807) is 24.4 Å². The molecular weight excluding hydrogens is 448 g/mol. The molecule has 8 heteroatoms. The molecule has 0 saturated carbocycles. The van der Waals surface area contributed by atoms with Crippen LogP contribution in [0.3, 0.4) is 0 Å². The van der Waals surface area contributed by atoms with Crippen molar-refractivity contribution in [3.8, 4) is 17.3 Å². The first-order valence-electron chi connectivity index (χ1n) is 11.5. The Hall–Kier alpha value is -3.59. The highest BCUT2D eigenvalue weighted by Crippen LogP contribution is 2.27. The molecule has 0 amide bonds. The second-order valence-electron chi connectivity index (χ2n) is 7.74. The Morgan fingerprint density at radius 2 is 1.54 bits per heavy atom. The topological polar surface area (TPSA) is 92.9 Å². The maximum atomic E-state index is 12.5. The fourth-order valence-corrected chi connectivity index (χ4v) is 3.47. The van der Waals surface area contributed by atoms with Crippen molar-refractivity contribution >= 4 is 10.9 Å². The van der Waals surface area contributed by atoms with Gasteiger partial charge in [-0.1, -0.05) is 42.5 Å². The number of benzene rings is 2. The fourth-order valence-electron chi connectivity index (χ4n) is 3.47.